The number of hydrogen-bond acceptors (Lipinski definition) is 3. The van der Waals surface area contributed by atoms with Crippen molar-refractivity contribution >= 4 is 27.4 Å². The summed E-state index contributed by atoms with van der Waals surface area (Å²) < 4.78 is 3.02. The summed E-state index contributed by atoms with van der Waals surface area (Å²) in [6, 6.07) is 6.11. The highest BCUT2D eigenvalue weighted by Gasteiger charge is 2.52. The number of nitrogens with zero attached hydrogens (tertiary/aromatic N) is 3. The summed E-state index contributed by atoms with van der Waals surface area (Å²) in [6.45, 7) is 6.25. The Hall–Kier alpha value is -1.40. The zero-order valence-corrected chi connectivity index (χ0v) is 15.0. The molecule has 3 aliphatic rings. The third-order valence-electron chi connectivity index (χ3n) is 5.70. The Morgan fingerprint density at radius 2 is 2.04 bits per heavy atom. The minimum atomic E-state index is -0.199. The summed E-state index contributed by atoms with van der Waals surface area (Å²) in [5.74, 6) is 1.78. The van der Waals surface area contributed by atoms with Gasteiger partial charge in [-0.25, -0.2) is 4.98 Å². The van der Waals surface area contributed by atoms with Crippen LogP contribution in [0.5, 0.6) is 0 Å². The number of nitrogens with two attached hydrogens (primary N) is 1. The van der Waals surface area contributed by atoms with Crippen molar-refractivity contribution in [1.29, 1.82) is 0 Å². The molecular weight excluding hydrogens is 356 g/mol. The van der Waals surface area contributed by atoms with Crippen LogP contribution < -0.4 is 5.73 Å². The normalized spacial score (nSPS) is 27.9. The van der Waals surface area contributed by atoms with Crippen LogP contribution in [0.3, 0.4) is 0 Å². The van der Waals surface area contributed by atoms with E-state index in [-0.39, 0.29) is 17.4 Å². The van der Waals surface area contributed by atoms with Crippen LogP contribution in [0.1, 0.15) is 26.1 Å². The van der Waals surface area contributed by atoms with Crippen LogP contribution >= 0.6 is 15.9 Å². The number of pyridine rings is 1. The van der Waals surface area contributed by atoms with E-state index in [0.717, 1.165) is 35.5 Å². The Morgan fingerprint density at radius 3 is 2.70 bits per heavy atom. The molecule has 2 bridgehead atoms. The van der Waals surface area contributed by atoms with Gasteiger partial charge in [0.1, 0.15) is 10.4 Å². The summed E-state index contributed by atoms with van der Waals surface area (Å²) in [6.07, 6.45) is 3.19. The molecule has 2 unspecified atom stereocenters. The van der Waals surface area contributed by atoms with Crippen molar-refractivity contribution in [1.82, 2.24) is 14.3 Å². The minimum absolute atomic E-state index is 0.0748. The fourth-order valence-corrected chi connectivity index (χ4v) is 4.87. The molecule has 2 aromatic heterocycles. The van der Waals surface area contributed by atoms with Gasteiger partial charge in [-0.05, 0) is 60.2 Å². The summed E-state index contributed by atoms with van der Waals surface area (Å²) in [5, 5.41) is 0. The molecule has 2 aliphatic heterocycles. The predicted molar refractivity (Wildman–Crippen MR) is 91.8 cm³/mol. The van der Waals surface area contributed by atoms with Gasteiger partial charge in [-0.3, -0.25) is 9.69 Å². The van der Waals surface area contributed by atoms with Crippen LogP contribution in [0.4, 0.5) is 0 Å². The number of primary amides is 1. The lowest BCUT2D eigenvalue weighted by molar-refractivity contribution is -0.143. The number of carbonyl (C=O) groups is 1. The standard InChI is InChI=1S/C17H21BrN4O/c1-17(2,16-20-14(18)12-5-3-4-6-22(12)16)21-8-10-7-11(9-21)13(10)15(19)23/h3-6,10-11,13H,7-9H2,1-2H3,(H2,19,23). The number of halogens is 1. The van der Waals surface area contributed by atoms with Crippen LogP contribution in [-0.2, 0) is 10.3 Å². The molecule has 6 heteroatoms. The Kier molecular flexibility index (Phi) is 3.32. The Labute approximate surface area is 144 Å². The first-order valence-electron chi connectivity index (χ1n) is 8.07. The van der Waals surface area contributed by atoms with E-state index in [9.17, 15) is 4.79 Å². The highest BCUT2D eigenvalue weighted by atomic mass is 79.9. The zero-order valence-electron chi connectivity index (χ0n) is 13.4. The van der Waals surface area contributed by atoms with E-state index < -0.39 is 0 Å². The van der Waals surface area contributed by atoms with Gasteiger partial charge in [-0.1, -0.05) is 6.07 Å². The highest BCUT2D eigenvalue weighted by Crippen LogP contribution is 2.48. The van der Waals surface area contributed by atoms with E-state index in [2.05, 4.69) is 51.3 Å². The lowest BCUT2D eigenvalue weighted by Gasteiger charge is -2.56. The van der Waals surface area contributed by atoms with E-state index in [1.807, 2.05) is 12.1 Å². The molecule has 1 aliphatic carbocycles. The van der Waals surface area contributed by atoms with E-state index in [0.29, 0.717) is 11.8 Å². The van der Waals surface area contributed by atoms with E-state index in [1.54, 1.807) is 0 Å². The van der Waals surface area contributed by atoms with E-state index in [4.69, 9.17) is 10.7 Å². The quantitative estimate of drug-likeness (QED) is 0.894. The third-order valence-corrected chi connectivity index (χ3v) is 6.28. The molecule has 23 heavy (non-hydrogen) atoms. The molecule has 5 nitrogen and oxygen atoms in total. The first kappa shape index (κ1) is 15.1. The third kappa shape index (κ3) is 2.15. The molecule has 3 fully saturated rings. The summed E-state index contributed by atoms with van der Waals surface area (Å²) in [4.78, 5) is 18.8. The largest absolute Gasteiger partial charge is 0.369 e. The smallest absolute Gasteiger partial charge is 0.221 e. The first-order chi connectivity index (χ1) is 10.9. The second-order valence-corrected chi connectivity index (χ2v) is 8.08. The molecule has 0 radical (unpaired) electrons. The first-order valence-corrected chi connectivity index (χ1v) is 8.86. The van der Waals surface area contributed by atoms with E-state index in [1.165, 1.54) is 0 Å². The van der Waals surface area contributed by atoms with Crippen molar-refractivity contribution in [3.8, 4) is 0 Å². The van der Waals surface area contributed by atoms with Crippen molar-refractivity contribution in [3.63, 3.8) is 0 Å². The number of rotatable bonds is 3. The van der Waals surface area contributed by atoms with Crippen molar-refractivity contribution in [2.45, 2.75) is 25.8 Å². The number of aromatic nitrogens is 2. The maximum atomic E-state index is 11.6. The second kappa shape index (κ2) is 5.05. The van der Waals surface area contributed by atoms with Crippen molar-refractivity contribution in [2.24, 2.45) is 23.5 Å². The molecule has 1 saturated carbocycles. The van der Waals surface area contributed by atoms with E-state index >= 15 is 0 Å². The second-order valence-electron chi connectivity index (χ2n) is 7.33. The maximum absolute atomic E-state index is 11.6. The van der Waals surface area contributed by atoms with Crippen LogP contribution in [0, 0.1) is 17.8 Å². The number of piperidine rings is 2. The number of amides is 1. The van der Waals surface area contributed by atoms with Crippen LogP contribution in [0.15, 0.2) is 29.0 Å². The number of fused-ring (bicyclic) bond motifs is 3. The van der Waals surface area contributed by atoms with Gasteiger partial charge in [0.15, 0.2) is 0 Å². The molecule has 2 atom stereocenters. The van der Waals surface area contributed by atoms with Crippen LogP contribution in [-0.4, -0.2) is 33.3 Å². The SMILES string of the molecule is CC(C)(c1nc(Br)c2ccccn12)N1CC2CC(C1)C2C(N)=O. The molecule has 2 N–H and O–H groups in total. The van der Waals surface area contributed by atoms with Crippen LogP contribution in [0.25, 0.3) is 5.52 Å². The molecule has 0 spiro atoms. The summed E-state index contributed by atoms with van der Waals surface area (Å²) in [5.41, 5.74) is 6.43. The molecular formula is C17H21BrN4O. The van der Waals surface area contributed by atoms with Gasteiger partial charge in [-0.15, -0.1) is 0 Å². The summed E-state index contributed by atoms with van der Waals surface area (Å²) >= 11 is 3.57. The van der Waals surface area contributed by atoms with Gasteiger partial charge in [-0.2, -0.15) is 0 Å². The lowest BCUT2D eigenvalue weighted by Crippen LogP contribution is -2.62. The Morgan fingerprint density at radius 1 is 1.35 bits per heavy atom. The lowest BCUT2D eigenvalue weighted by atomic mass is 9.60. The Bertz CT molecular complexity index is 772. The van der Waals surface area contributed by atoms with Gasteiger partial charge >= 0.3 is 0 Å². The van der Waals surface area contributed by atoms with Gasteiger partial charge in [0.2, 0.25) is 5.91 Å². The Balaban J connectivity index is 1.67. The number of imidazole rings is 1. The molecule has 2 aromatic rings. The number of carbonyl (C=O) groups excluding carboxylic acids is 1. The topological polar surface area (TPSA) is 63.6 Å². The van der Waals surface area contributed by atoms with Crippen molar-refractivity contribution in [2.75, 3.05) is 13.1 Å². The van der Waals surface area contributed by atoms with Gasteiger partial charge < -0.3 is 10.1 Å². The fourth-order valence-electron chi connectivity index (χ4n) is 4.38. The maximum Gasteiger partial charge on any atom is 0.221 e. The van der Waals surface area contributed by atoms with Gasteiger partial charge in [0, 0.05) is 25.2 Å². The zero-order chi connectivity index (χ0) is 16.4. The van der Waals surface area contributed by atoms with Gasteiger partial charge in [0.05, 0.1) is 11.1 Å². The molecule has 122 valence electrons. The van der Waals surface area contributed by atoms with Gasteiger partial charge in [0.25, 0.3) is 0 Å². The molecule has 0 aromatic carbocycles. The van der Waals surface area contributed by atoms with Crippen LogP contribution in [0.2, 0.25) is 0 Å². The fraction of sp³-hybridized carbons (Fsp3) is 0.529. The number of hydrogen-bond donors (Lipinski definition) is 1. The molecule has 1 amide bonds. The molecule has 4 heterocycles. The van der Waals surface area contributed by atoms with Crippen molar-refractivity contribution in [3.05, 3.63) is 34.8 Å². The highest BCUT2D eigenvalue weighted by molar-refractivity contribution is 9.10. The van der Waals surface area contributed by atoms with Crippen molar-refractivity contribution < 1.29 is 4.79 Å². The average Bonchev–Trinajstić information content (AvgIpc) is 2.85. The minimum Gasteiger partial charge on any atom is -0.369 e. The molecule has 5 rings (SSSR count). The molecule has 2 saturated heterocycles. The summed E-state index contributed by atoms with van der Waals surface area (Å²) in [7, 11) is 0. The predicted octanol–water partition coefficient (Wildman–Crippen LogP) is 2.39. The monoisotopic (exact) mass is 376 g/mol. The average molecular weight is 377 g/mol.